The first-order valence-corrected chi connectivity index (χ1v) is 4.79. The summed E-state index contributed by atoms with van der Waals surface area (Å²) in [5.74, 6) is 0.481. The van der Waals surface area contributed by atoms with Gasteiger partial charge in [0.05, 0.1) is 17.4 Å². The Morgan fingerprint density at radius 1 is 1.50 bits per heavy atom. The second-order valence-corrected chi connectivity index (χ2v) is 3.77. The number of methoxy groups -OCH3 is 1. The maximum absolute atomic E-state index is 12.9. The van der Waals surface area contributed by atoms with E-state index in [2.05, 4.69) is 0 Å². The highest BCUT2D eigenvalue weighted by Crippen LogP contribution is 2.32. The number of ether oxygens (including phenoxy) is 1. The van der Waals surface area contributed by atoms with Crippen LogP contribution in [0.1, 0.15) is 10.4 Å². The van der Waals surface area contributed by atoms with Crippen molar-refractivity contribution in [3.05, 3.63) is 28.9 Å². The Morgan fingerprint density at radius 2 is 2.29 bits per heavy atom. The number of fused-ring (bicyclic) bond motifs is 1. The van der Waals surface area contributed by atoms with Gasteiger partial charge in [0, 0.05) is 0 Å². The largest absolute Gasteiger partial charge is 0.496 e. The minimum absolute atomic E-state index is 0.295. The van der Waals surface area contributed by atoms with Gasteiger partial charge in [0.2, 0.25) is 0 Å². The molecule has 1 aromatic heterocycles. The van der Waals surface area contributed by atoms with E-state index in [-0.39, 0.29) is 5.13 Å². The normalized spacial score (nSPS) is 10.4. The summed E-state index contributed by atoms with van der Waals surface area (Å²) < 4.78 is 18.6. The van der Waals surface area contributed by atoms with Crippen molar-refractivity contribution in [1.82, 2.24) is 0 Å². The SMILES string of the molecule is COc1ccc2cc(F)sc2c1C=O. The molecule has 0 bridgehead atoms. The van der Waals surface area contributed by atoms with Crippen molar-refractivity contribution in [3.63, 3.8) is 0 Å². The molecular formula is C10H7FO2S. The molecule has 0 saturated carbocycles. The van der Waals surface area contributed by atoms with Crippen LogP contribution >= 0.6 is 11.3 Å². The quantitative estimate of drug-likeness (QED) is 0.712. The second-order valence-electron chi connectivity index (χ2n) is 2.77. The minimum atomic E-state index is -0.295. The Hall–Kier alpha value is -1.42. The van der Waals surface area contributed by atoms with E-state index in [1.807, 2.05) is 0 Å². The zero-order valence-corrected chi connectivity index (χ0v) is 8.23. The topological polar surface area (TPSA) is 26.3 Å². The standard InChI is InChI=1S/C10H7FO2S/c1-13-8-3-2-6-4-9(11)14-10(6)7(8)5-12/h2-5H,1H3. The van der Waals surface area contributed by atoms with E-state index in [4.69, 9.17) is 4.74 Å². The lowest BCUT2D eigenvalue weighted by molar-refractivity contribution is 0.112. The first-order valence-electron chi connectivity index (χ1n) is 3.97. The highest BCUT2D eigenvalue weighted by atomic mass is 32.1. The molecular weight excluding hydrogens is 203 g/mol. The van der Waals surface area contributed by atoms with Crippen molar-refractivity contribution in [2.24, 2.45) is 0 Å². The average molecular weight is 210 g/mol. The van der Waals surface area contributed by atoms with Gasteiger partial charge >= 0.3 is 0 Å². The molecule has 2 aromatic rings. The van der Waals surface area contributed by atoms with Crippen molar-refractivity contribution in [2.75, 3.05) is 7.11 Å². The maximum atomic E-state index is 12.9. The first-order chi connectivity index (χ1) is 6.76. The van der Waals surface area contributed by atoms with E-state index < -0.39 is 0 Å². The number of halogens is 1. The Kier molecular flexibility index (Phi) is 2.21. The zero-order chi connectivity index (χ0) is 10.1. The van der Waals surface area contributed by atoms with Gasteiger partial charge in [0.25, 0.3) is 0 Å². The number of thiophene rings is 1. The zero-order valence-electron chi connectivity index (χ0n) is 7.41. The maximum Gasteiger partial charge on any atom is 0.177 e. The van der Waals surface area contributed by atoms with E-state index in [1.54, 1.807) is 12.1 Å². The summed E-state index contributed by atoms with van der Waals surface area (Å²) in [5, 5.41) is 0.437. The fourth-order valence-corrected chi connectivity index (χ4v) is 2.25. The van der Waals surface area contributed by atoms with Crippen molar-refractivity contribution in [1.29, 1.82) is 0 Å². The molecule has 0 atom stereocenters. The molecule has 0 amide bonds. The summed E-state index contributed by atoms with van der Waals surface area (Å²) in [5.41, 5.74) is 0.416. The summed E-state index contributed by atoms with van der Waals surface area (Å²) in [6.07, 6.45) is 0.692. The van der Waals surface area contributed by atoms with Gasteiger partial charge in [-0.05, 0) is 23.6 Å². The molecule has 0 spiro atoms. The van der Waals surface area contributed by atoms with Crippen LogP contribution in [0.25, 0.3) is 10.1 Å². The molecule has 14 heavy (non-hydrogen) atoms. The molecule has 1 aromatic carbocycles. The Bertz CT molecular complexity index is 490. The molecule has 0 radical (unpaired) electrons. The van der Waals surface area contributed by atoms with Crippen LogP contribution in [0.3, 0.4) is 0 Å². The number of hydrogen-bond donors (Lipinski definition) is 0. The molecule has 0 N–H and O–H groups in total. The van der Waals surface area contributed by atoms with Gasteiger partial charge in [-0.2, -0.15) is 4.39 Å². The van der Waals surface area contributed by atoms with Gasteiger partial charge in [0.15, 0.2) is 11.4 Å². The number of carbonyl (C=O) groups excluding carboxylic acids is 1. The summed E-state index contributed by atoms with van der Waals surface area (Å²) in [7, 11) is 1.48. The van der Waals surface area contributed by atoms with E-state index in [1.165, 1.54) is 13.2 Å². The lowest BCUT2D eigenvalue weighted by Gasteiger charge is -2.02. The third-order valence-electron chi connectivity index (χ3n) is 1.99. The smallest absolute Gasteiger partial charge is 0.177 e. The van der Waals surface area contributed by atoms with Crippen LogP contribution in [0.5, 0.6) is 5.75 Å². The van der Waals surface area contributed by atoms with Crippen LogP contribution in [-0.2, 0) is 0 Å². The van der Waals surface area contributed by atoms with E-state index >= 15 is 0 Å². The Morgan fingerprint density at radius 3 is 2.93 bits per heavy atom. The average Bonchev–Trinajstić information content (AvgIpc) is 2.56. The Balaban J connectivity index is 2.82. The van der Waals surface area contributed by atoms with Gasteiger partial charge in [-0.25, -0.2) is 0 Å². The second kappa shape index (κ2) is 3.38. The Labute approximate surface area is 83.9 Å². The lowest BCUT2D eigenvalue weighted by atomic mass is 10.1. The minimum Gasteiger partial charge on any atom is -0.496 e. The van der Waals surface area contributed by atoms with Crippen LogP contribution in [0, 0.1) is 5.13 Å². The summed E-state index contributed by atoms with van der Waals surface area (Å²) >= 11 is 0.955. The molecule has 0 aliphatic heterocycles. The lowest BCUT2D eigenvalue weighted by Crippen LogP contribution is -1.89. The van der Waals surface area contributed by atoms with Crippen molar-refractivity contribution < 1.29 is 13.9 Å². The predicted octanol–water partition coefficient (Wildman–Crippen LogP) is 2.86. The number of rotatable bonds is 2. The molecule has 0 saturated heterocycles. The van der Waals surface area contributed by atoms with Crippen LogP contribution < -0.4 is 4.74 Å². The fraction of sp³-hybridized carbons (Fsp3) is 0.100. The van der Waals surface area contributed by atoms with E-state index in [0.717, 1.165) is 16.7 Å². The molecule has 2 rings (SSSR count). The van der Waals surface area contributed by atoms with Crippen molar-refractivity contribution in [3.8, 4) is 5.75 Å². The number of carbonyl (C=O) groups is 1. The number of hydrogen-bond acceptors (Lipinski definition) is 3. The third-order valence-corrected chi connectivity index (χ3v) is 2.97. The molecule has 0 fully saturated rings. The highest BCUT2D eigenvalue weighted by molar-refractivity contribution is 7.17. The molecule has 1 heterocycles. The van der Waals surface area contributed by atoms with Gasteiger partial charge < -0.3 is 4.74 Å². The van der Waals surface area contributed by atoms with Crippen LogP contribution in [0.4, 0.5) is 4.39 Å². The molecule has 0 unspecified atom stereocenters. The molecule has 2 nitrogen and oxygen atoms in total. The van der Waals surface area contributed by atoms with Crippen LogP contribution in [0.15, 0.2) is 18.2 Å². The van der Waals surface area contributed by atoms with Gasteiger partial charge in [-0.3, -0.25) is 4.79 Å². The fourth-order valence-electron chi connectivity index (χ4n) is 1.36. The summed E-state index contributed by atoms with van der Waals surface area (Å²) in [6.45, 7) is 0. The van der Waals surface area contributed by atoms with Gasteiger partial charge in [0.1, 0.15) is 5.75 Å². The highest BCUT2D eigenvalue weighted by Gasteiger charge is 2.10. The van der Waals surface area contributed by atoms with E-state index in [0.29, 0.717) is 22.3 Å². The monoisotopic (exact) mass is 210 g/mol. The van der Waals surface area contributed by atoms with Gasteiger partial charge in [-0.1, -0.05) is 0 Å². The van der Waals surface area contributed by atoms with Gasteiger partial charge in [-0.15, -0.1) is 11.3 Å². The third kappa shape index (κ3) is 1.28. The molecule has 4 heteroatoms. The van der Waals surface area contributed by atoms with E-state index in [9.17, 15) is 9.18 Å². The first kappa shape index (κ1) is 9.15. The molecule has 0 aliphatic rings. The number of aldehydes is 1. The summed E-state index contributed by atoms with van der Waals surface area (Å²) in [6, 6.07) is 4.81. The molecule has 72 valence electrons. The summed E-state index contributed by atoms with van der Waals surface area (Å²) in [4.78, 5) is 10.8. The van der Waals surface area contributed by atoms with Crippen molar-refractivity contribution >= 4 is 27.7 Å². The molecule has 0 aliphatic carbocycles. The van der Waals surface area contributed by atoms with Crippen LogP contribution in [-0.4, -0.2) is 13.4 Å². The number of benzene rings is 1. The predicted molar refractivity (Wildman–Crippen MR) is 53.7 cm³/mol. The van der Waals surface area contributed by atoms with Crippen molar-refractivity contribution in [2.45, 2.75) is 0 Å². The van der Waals surface area contributed by atoms with Crippen LogP contribution in [0.2, 0.25) is 0 Å².